The van der Waals surface area contributed by atoms with Crippen molar-refractivity contribution in [3.8, 4) is 0 Å². The summed E-state index contributed by atoms with van der Waals surface area (Å²) >= 11 is 0. The van der Waals surface area contributed by atoms with Gasteiger partial charge in [-0.15, -0.1) is 0 Å². The molecule has 1 unspecified atom stereocenters. The summed E-state index contributed by atoms with van der Waals surface area (Å²) in [6, 6.07) is 0. The molecule has 13 heavy (non-hydrogen) atoms. The predicted molar refractivity (Wildman–Crippen MR) is 50.3 cm³/mol. The lowest BCUT2D eigenvalue weighted by atomic mass is 9.59. The summed E-state index contributed by atoms with van der Waals surface area (Å²) in [5.41, 5.74) is 0.217. The fourth-order valence-corrected chi connectivity index (χ4v) is 3.01. The fraction of sp³-hybridized carbons (Fsp3) is 0.909. The van der Waals surface area contributed by atoms with Crippen molar-refractivity contribution in [3.05, 3.63) is 0 Å². The monoisotopic (exact) mass is 182 g/mol. The van der Waals surface area contributed by atoms with E-state index in [9.17, 15) is 9.90 Å². The molecule has 0 bridgehead atoms. The molecule has 0 saturated heterocycles. The van der Waals surface area contributed by atoms with Crippen LogP contribution in [0.4, 0.5) is 0 Å². The molecule has 0 amide bonds. The van der Waals surface area contributed by atoms with E-state index in [2.05, 4.69) is 6.92 Å². The van der Waals surface area contributed by atoms with Gasteiger partial charge in [-0.25, -0.2) is 0 Å². The molecule has 0 radical (unpaired) electrons. The molecule has 0 aromatic heterocycles. The summed E-state index contributed by atoms with van der Waals surface area (Å²) in [5.74, 6) is 0.553. The summed E-state index contributed by atoms with van der Waals surface area (Å²) in [6.45, 7) is 2.22. The van der Waals surface area contributed by atoms with Crippen LogP contribution in [0.2, 0.25) is 0 Å². The van der Waals surface area contributed by atoms with Crippen LogP contribution in [-0.4, -0.2) is 17.0 Å². The van der Waals surface area contributed by atoms with Crippen LogP contribution in [0.1, 0.15) is 45.4 Å². The van der Waals surface area contributed by atoms with Crippen molar-refractivity contribution in [1.29, 1.82) is 0 Å². The Morgan fingerprint density at radius 1 is 1.46 bits per heavy atom. The molecular formula is C11H18O2. The normalized spacial score (nSPS) is 45.8. The fourth-order valence-electron chi connectivity index (χ4n) is 3.01. The Morgan fingerprint density at radius 2 is 2.23 bits per heavy atom. The van der Waals surface area contributed by atoms with Gasteiger partial charge < -0.3 is 5.11 Å². The molecule has 2 rings (SSSR count). The SMILES string of the molecule is C[C@]12CCCC(=O)C1C[C@@H](O)CC2. The van der Waals surface area contributed by atoms with Gasteiger partial charge in [0.25, 0.3) is 0 Å². The van der Waals surface area contributed by atoms with Gasteiger partial charge in [0.2, 0.25) is 0 Å². The third-order valence-electron chi connectivity index (χ3n) is 3.96. The number of aliphatic hydroxyl groups is 1. The Labute approximate surface area is 79.3 Å². The molecule has 3 atom stereocenters. The van der Waals surface area contributed by atoms with Crippen LogP contribution >= 0.6 is 0 Å². The molecule has 1 N–H and O–H groups in total. The molecule has 2 saturated carbocycles. The first kappa shape index (κ1) is 9.20. The van der Waals surface area contributed by atoms with Gasteiger partial charge in [-0.3, -0.25) is 4.79 Å². The van der Waals surface area contributed by atoms with Gasteiger partial charge in [0.15, 0.2) is 0 Å². The van der Waals surface area contributed by atoms with E-state index in [4.69, 9.17) is 0 Å². The first-order chi connectivity index (χ1) is 6.12. The molecule has 0 spiro atoms. The van der Waals surface area contributed by atoms with Gasteiger partial charge >= 0.3 is 0 Å². The summed E-state index contributed by atoms with van der Waals surface area (Å²) in [6.07, 6.45) is 5.39. The van der Waals surface area contributed by atoms with Gasteiger partial charge in [-0.05, 0) is 37.5 Å². The number of Topliss-reactive ketones (excluding diaryl/α,β-unsaturated/α-hetero) is 1. The smallest absolute Gasteiger partial charge is 0.136 e. The summed E-state index contributed by atoms with van der Waals surface area (Å²) in [7, 11) is 0. The van der Waals surface area contributed by atoms with Gasteiger partial charge in [-0.1, -0.05) is 6.92 Å². The number of aliphatic hydroxyl groups excluding tert-OH is 1. The third-order valence-corrected chi connectivity index (χ3v) is 3.96. The topological polar surface area (TPSA) is 37.3 Å². The Bertz CT molecular complexity index is 224. The van der Waals surface area contributed by atoms with E-state index < -0.39 is 0 Å². The lowest BCUT2D eigenvalue weighted by Crippen LogP contribution is -2.43. The second kappa shape index (κ2) is 3.09. The van der Waals surface area contributed by atoms with Crippen molar-refractivity contribution >= 4 is 5.78 Å². The predicted octanol–water partition coefficient (Wildman–Crippen LogP) is 1.91. The van der Waals surface area contributed by atoms with Crippen LogP contribution < -0.4 is 0 Å². The van der Waals surface area contributed by atoms with Crippen LogP contribution in [0.25, 0.3) is 0 Å². The van der Waals surface area contributed by atoms with Crippen LogP contribution in [0.3, 0.4) is 0 Å². The molecule has 0 aromatic carbocycles. The minimum atomic E-state index is -0.222. The zero-order chi connectivity index (χ0) is 9.47. The summed E-state index contributed by atoms with van der Waals surface area (Å²) < 4.78 is 0. The second-order valence-corrected chi connectivity index (χ2v) is 4.95. The number of hydrogen-bond donors (Lipinski definition) is 1. The van der Waals surface area contributed by atoms with Gasteiger partial charge in [0.05, 0.1) is 6.10 Å². The van der Waals surface area contributed by atoms with Crippen molar-refractivity contribution in [2.45, 2.75) is 51.6 Å². The summed E-state index contributed by atoms with van der Waals surface area (Å²) in [5, 5.41) is 9.53. The standard InChI is InChI=1S/C11H18O2/c1-11-5-2-3-10(13)9(11)7-8(12)4-6-11/h8-9,12H,2-7H2,1H3/t8-,9?,11+/m0/s1. The highest BCUT2D eigenvalue weighted by atomic mass is 16.3. The molecule has 2 fully saturated rings. The highest BCUT2D eigenvalue weighted by Crippen LogP contribution is 2.48. The van der Waals surface area contributed by atoms with E-state index in [0.717, 1.165) is 32.1 Å². The van der Waals surface area contributed by atoms with E-state index in [1.165, 1.54) is 6.42 Å². The lowest BCUT2D eigenvalue weighted by molar-refractivity contribution is -0.135. The van der Waals surface area contributed by atoms with Gasteiger partial charge in [0, 0.05) is 12.3 Å². The molecule has 74 valence electrons. The van der Waals surface area contributed by atoms with Crippen molar-refractivity contribution in [3.63, 3.8) is 0 Å². The van der Waals surface area contributed by atoms with Crippen molar-refractivity contribution < 1.29 is 9.90 Å². The van der Waals surface area contributed by atoms with Crippen LogP contribution in [0.5, 0.6) is 0 Å². The Morgan fingerprint density at radius 3 is 3.00 bits per heavy atom. The molecular weight excluding hydrogens is 164 g/mol. The molecule has 2 aliphatic carbocycles. The molecule has 0 heterocycles. The van der Waals surface area contributed by atoms with Crippen molar-refractivity contribution in [2.75, 3.05) is 0 Å². The number of hydrogen-bond acceptors (Lipinski definition) is 2. The van der Waals surface area contributed by atoms with Crippen LogP contribution in [0.15, 0.2) is 0 Å². The Kier molecular flexibility index (Phi) is 2.18. The molecule has 0 aromatic rings. The van der Waals surface area contributed by atoms with Gasteiger partial charge in [0.1, 0.15) is 5.78 Å². The minimum absolute atomic E-state index is 0.157. The number of carbonyl (C=O) groups is 1. The highest BCUT2D eigenvalue weighted by Gasteiger charge is 2.44. The zero-order valence-electron chi connectivity index (χ0n) is 8.25. The van der Waals surface area contributed by atoms with E-state index >= 15 is 0 Å². The second-order valence-electron chi connectivity index (χ2n) is 4.95. The first-order valence-corrected chi connectivity index (χ1v) is 5.33. The van der Waals surface area contributed by atoms with E-state index in [0.29, 0.717) is 5.78 Å². The number of ketones is 1. The maximum Gasteiger partial charge on any atom is 0.136 e. The number of rotatable bonds is 0. The largest absolute Gasteiger partial charge is 0.393 e. The molecule has 2 aliphatic rings. The third kappa shape index (κ3) is 1.52. The zero-order valence-corrected chi connectivity index (χ0v) is 8.25. The minimum Gasteiger partial charge on any atom is -0.393 e. The van der Waals surface area contributed by atoms with Crippen LogP contribution in [0, 0.1) is 11.3 Å². The van der Waals surface area contributed by atoms with E-state index in [1.54, 1.807) is 0 Å². The van der Waals surface area contributed by atoms with Crippen molar-refractivity contribution in [1.82, 2.24) is 0 Å². The molecule has 2 nitrogen and oxygen atoms in total. The maximum absolute atomic E-state index is 11.7. The summed E-state index contributed by atoms with van der Waals surface area (Å²) in [4.78, 5) is 11.7. The lowest BCUT2D eigenvalue weighted by Gasteiger charge is -2.45. The Hall–Kier alpha value is -0.370. The number of fused-ring (bicyclic) bond motifs is 1. The average Bonchev–Trinajstić information content (AvgIpc) is 2.08. The van der Waals surface area contributed by atoms with E-state index in [1.807, 2.05) is 0 Å². The van der Waals surface area contributed by atoms with Crippen molar-refractivity contribution in [2.24, 2.45) is 11.3 Å². The Balaban J connectivity index is 2.17. The first-order valence-electron chi connectivity index (χ1n) is 5.33. The van der Waals surface area contributed by atoms with Crippen LogP contribution in [-0.2, 0) is 4.79 Å². The average molecular weight is 182 g/mol. The highest BCUT2D eigenvalue weighted by molar-refractivity contribution is 5.82. The molecule has 0 aliphatic heterocycles. The maximum atomic E-state index is 11.7. The van der Waals surface area contributed by atoms with Gasteiger partial charge in [-0.2, -0.15) is 0 Å². The van der Waals surface area contributed by atoms with E-state index in [-0.39, 0.29) is 17.4 Å². The molecule has 2 heteroatoms. The quantitative estimate of drug-likeness (QED) is 0.621. The number of carbonyl (C=O) groups excluding carboxylic acids is 1.